The Balaban J connectivity index is 1.01. The lowest BCUT2D eigenvalue weighted by Crippen LogP contribution is -2.02. The summed E-state index contributed by atoms with van der Waals surface area (Å²) in [6, 6.07) is 66.5. The molecular formula is C52H36N2O. The molecule has 0 fully saturated rings. The van der Waals surface area contributed by atoms with Crippen molar-refractivity contribution in [2.24, 2.45) is 0 Å². The molecule has 10 aromatic rings. The van der Waals surface area contributed by atoms with E-state index in [1.54, 1.807) is 0 Å². The molecule has 0 radical (unpaired) electrons. The van der Waals surface area contributed by atoms with E-state index >= 15 is 0 Å². The molecule has 0 aliphatic heterocycles. The average molecular weight is 705 g/mol. The molecule has 3 heteroatoms. The number of benzene rings is 8. The Hall–Kier alpha value is -7.10. The van der Waals surface area contributed by atoms with Crippen LogP contribution < -0.4 is 0 Å². The average Bonchev–Trinajstić information content (AvgIpc) is 3.62. The zero-order valence-corrected chi connectivity index (χ0v) is 30.4. The van der Waals surface area contributed by atoms with Crippen LogP contribution >= 0.6 is 0 Å². The molecule has 0 bridgehead atoms. The Morgan fingerprint density at radius 1 is 0.364 bits per heavy atom. The lowest BCUT2D eigenvalue weighted by atomic mass is 9.95. The second-order valence-corrected chi connectivity index (χ2v) is 14.1. The largest absolute Gasteiger partial charge is 0.456 e. The summed E-state index contributed by atoms with van der Waals surface area (Å²) in [7, 11) is 0. The van der Waals surface area contributed by atoms with Gasteiger partial charge in [-0.3, -0.25) is 0 Å². The third-order valence-electron chi connectivity index (χ3n) is 10.6. The minimum atomic E-state index is 0.719. The first-order valence-electron chi connectivity index (χ1n) is 18.9. The molecule has 0 saturated carbocycles. The van der Waals surface area contributed by atoms with Gasteiger partial charge in [0.2, 0.25) is 0 Å². The van der Waals surface area contributed by atoms with Crippen molar-refractivity contribution in [3.8, 4) is 67.3 Å². The molecule has 55 heavy (non-hydrogen) atoms. The van der Waals surface area contributed by atoms with Crippen LogP contribution in [0.2, 0.25) is 0 Å². The smallest absolute Gasteiger partial charge is 0.160 e. The van der Waals surface area contributed by atoms with Gasteiger partial charge in [-0.2, -0.15) is 0 Å². The third-order valence-corrected chi connectivity index (χ3v) is 10.6. The van der Waals surface area contributed by atoms with Crippen molar-refractivity contribution in [3.05, 3.63) is 194 Å². The lowest BCUT2D eigenvalue weighted by Gasteiger charge is -2.16. The number of furan rings is 1. The van der Waals surface area contributed by atoms with Crippen molar-refractivity contribution >= 4 is 32.7 Å². The van der Waals surface area contributed by atoms with Crippen molar-refractivity contribution in [2.45, 2.75) is 13.3 Å². The number of nitrogens with zero attached hydrogens (tertiary/aromatic N) is 2. The predicted molar refractivity (Wildman–Crippen MR) is 229 cm³/mol. The van der Waals surface area contributed by atoms with E-state index in [0.29, 0.717) is 0 Å². The van der Waals surface area contributed by atoms with Crippen LogP contribution in [0.1, 0.15) is 12.5 Å². The van der Waals surface area contributed by atoms with Gasteiger partial charge in [-0.1, -0.05) is 153 Å². The zero-order valence-electron chi connectivity index (χ0n) is 30.4. The molecule has 0 saturated heterocycles. The third kappa shape index (κ3) is 6.06. The van der Waals surface area contributed by atoms with Gasteiger partial charge in [-0.15, -0.1) is 0 Å². The molecular weight excluding hydrogens is 669 g/mol. The molecule has 260 valence electrons. The van der Waals surface area contributed by atoms with E-state index in [-0.39, 0.29) is 0 Å². The maximum atomic E-state index is 6.29. The molecule has 2 aromatic heterocycles. The van der Waals surface area contributed by atoms with E-state index in [4.69, 9.17) is 14.4 Å². The van der Waals surface area contributed by atoms with E-state index in [1.807, 2.05) is 12.1 Å². The van der Waals surface area contributed by atoms with Crippen LogP contribution in [0.25, 0.3) is 100.0 Å². The fourth-order valence-electron chi connectivity index (χ4n) is 7.85. The minimum Gasteiger partial charge on any atom is -0.456 e. The van der Waals surface area contributed by atoms with E-state index in [2.05, 4.69) is 183 Å². The number of fused-ring (bicyclic) bond motifs is 4. The fourth-order valence-corrected chi connectivity index (χ4v) is 7.85. The van der Waals surface area contributed by atoms with Crippen molar-refractivity contribution in [2.75, 3.05) is 0 Å². The van der Waals surface area contributed by atoms with Gasteiger partial charge in [0.15, 0.2) is 5.82 Å². The SMILES string of the molecule is CCc1c(-c2ccccc2)nc(-c2cccc(-c3cccc(-c4cccc(-c5ccc6oc7cc8ccccc8cc7c6c5)c4)c3)c2)nc1-c1ccccc1. The van der Waals surface area contributed by atoms with Gasteiger partial charge in [0.05, 0.1) is 11.4 Å². The van der Waals surface area contributed by atoms with Gasteiger partial charge in [-0.05, 0) is 93.0 Å². The number of hydrogen-bond donors (Lipinski definition) is 0. The monoisotopic (exact) mass is 704 g/mol. The van der Waals surface area contributed by atoms with Crippen molar-refractivity contribution in [3.63, 3.8) is 0 Å². The van der Waals surface area contributed by atoms with E-state index in [0.717, 1.165) is 101 Å². The summed E-state index contributed by atoms with van der Waals surface area (Å²) in [6.07, 6.45) is 0.828. The Morgan fingerprint density at radius 2 is 0.800 bits per heavy atom. The summed E-state index contributed by atoms with van der Waals surface area (Å²) in [5.74, 6) is 0.719. The molecule has 8 aromatic carbocycles. The number of rotatable bonds is 7. The van der Waals surface area contributed by atoms with Gasteiger partial charge in [-0.25, -0.2) is 9.97 Å². The van der Waals surface area contributed by atoms with Gasteiger partial charge < -0.3 is 4.42 Å². The van der Waals surface area contributed by atoms with E-state index in [1.165, 1.54) is 10.8 Å². The van der Waals surface area contributed by atoms with Crippen molar-refractivity contribution in [1.82, 2.24) is 9.97 Å². The molecule has 2 heterocycles. The summed E-state index contributed by atoms with van der Waals surface area (Å²) in [5, 5.41) is 4.67. The predicted octanol–water partition coefficient (Wildman–Crippen LogP) is 14.1. The molecule has 10 rings (SSSR count). The minimum absolute atomic E-state index is 0.719. The molecule has 0 aliphatic rings. The van der Waals surface area contributed by atoms with Crippen LogP contribution in [0.4, 0.5) is 0 Å². The first-order chi connectivity index (χ1) is 27.2. The molecule has 0 amide bonds. The Morgan fingerprint density at radius 3 is 1.35 bits per heavy atom. The molecule has 0 spiro atoms. The van der Waals surface area contributed by atoms with Gasteiger partial charge >= 0.3 is 0 Å². The maximum absolute atomic E-state index is 6.29. The Kier molecular flexibility index (Phi) is 8.11. The first kappa shape index (κ1) is 32.5. The summed E-state index contributed by atoms with van der Waals surface area (Å²) in [5.41, 5.74) is 15.0. The van der Waals surface area contributed by atoms with Crippen LogP contribution in [0.15, 0.2) is 192 Å². The topological polar surface area (TPSA) is 38.9 Å². The lowest BCUT2D eigenvalue weighted by molar-refractivity contribution is 0.669. The molecule has 0 atom stereocenters. The van der Waals surface area contributed by atoms with Crippen LogP contribution in [-0.4, -0.2) is 9.97 Å². The summed E-state index contributed by atoms with van der Waals surface area (Å²) in [4.78, 5) is 10.5. The van der Waals surface area contributed by atoms with Crippen molar-refractivity contribution in [1.29, 1.82) is 0 Å². The quantitative estimate of drug-likeness (QED) is 0.166. The summed E-state index contributed by atoms with van der Waals surface area (Å²) in [6.45, 7) is 2.18. The van der Waals surface area contributed by atoms with E-state index < -0.39 is 0 Å². The highest BCUT2D eigenvalue weighted by atomic mass is 16.3. The molecule has 3 nitrogen and oxygen atoms in total. The second kappa shape index (κ2) is 13.7. The van der Waals surface area contributed by atoms with Crippen LogP contribution in [0.3, 0.4) is 0 Å². The summed E-state index contributed by atoms with van der Waals surface area (Å²) >= 11 is 0. The van der Waals surface area contributed by atoms with Crippen LogP contribution in [0.5, 0.6) is 0 Å². The highest BCUT2D eigenvalue weighted by Crippen LogP contribution is 2.37. The highest BCUT2D eigenvalue weighted by Gasteiger charge is 2.18. The number of hydrogen-bond acceptors (Lipinski definition) is 3. The fraction of sp³-hybridized carbons (Fsp3) is 0.0385. The normalized spacial score (nSPS) is 11.4. The second-order valence-electron chi connectivity index (χ2n) is 14.1. The summed E-state index contributed by atoms with van der Waals surface area (Å²) < 4.78 is 6.29. The van der Waals surface area contributed by atoms with Gasteiger partial charge in [0, 0.05) is 33.0 Å². The molecule has 0 N–H and O–H groups in total. The zero-order chi connectivity index (χ0) is 36.7. The standard InChI is InChI=1S/C52H36N2O/c1-2-45-50(34-14-5-3-6-15-34)53-52(54-51(45)35-16-7-4-8-17-35)44-25-13-24-40(30-44)38-22-11-20-36(28-38)37-21-12-23-39(29-37)43-26-27-48-46(32-43)47-31-41-18-9-10-19-42(41)33-49(47)55-48/h3-33H,2H2,1H3. The van der Waals surface area contributed by atoms with Crippen LogP contribution in [0, 0.1) is 0 Å². The first-order valence-corrected chi connectivity index (χ1v) is 18.9. The highest BCUT2D eigenvalue weighted by molar-refractivity contribution is 6.11. The maximum Gasteiger partial charge on any atom is 0.160 e. The molecule has 0 aliphatic carbocycles. The molecule has 0 unspecified atom stereocenters. The van der Waals surface area contributed by atoms with Crippen molar-refractivity contribution < 1.29 is 4.42 Å². The van der Waals surface area contributed by atoms with Crippen LogP contribution in [-0.2, 0) is 6.42 Å². The Labute approximate surface area is 320 Å². The number of aromatic nitrogens is 2. The Bertz CT molecular complexity index is 2960. The van der Waals surface area contributed by atoms with Gasteiger partial charge in [0.1, 0.15) is 11.2 Å². The van der Waals surface area contributed by atoms with Gasteiger partial charge in [0.25, 0.3) is 0 Å². The van der Waals surface area contributed by atoms with E-state index in [9.17, 15) is 0 Å².